The summed E-state index contributed by atoms with van der Waals surface area (Å²) < 4.78 is 0. The lowest BCUT2D eigenvalue weighted by atomic mass is 10.2. The molecular weight excluding hydrogens is 292 g/mol. The third-order valence-corrected chi connectivity index (χ3v) is 3.59. The van der Waals surface area contributed by atoms with Crippen LogP contribution < -0.4 is 10.6 Å². The van der Waals surface area contributed by atoms with Crippen LogP contribution in [0.5, 0.6) is 5.75 Å². The first kappa shape index (κ1) is 13.7. The highest BCUT2D eigenvalue weighted by Crippen LogP contribution is 2.28. The topological polar surface area (TPSA) is 95.5 Å². The number of amides is 3. The zero-order valence-electron chi connectivity index (χ0n) is 9.47. The van der Waals surface area contributed by atoms with Crippen molar-refractivity contribution in [3.63, 3.8) is 0 Å². The zero-order valence-corrected chi connectivity index (χ0v) is 11.0. The zero-order chi connectivity index (χ0) is 14.0. The van der Waals surface area contributed by atoms with Crippen LogP contribution in [0, 0.1) is 0 Å². The molecule has 19 heavy (non-hydrogen) atoms. The van der Waals surface area contributed by atoms with Gasteiger partial charge in [0.1, 0.15) is 11.0 Å². The summed E-state index contributed by atoms with van der Waals surface area (Å²) in [5.41, 5.74) is 0.159. The molecule has 2 rings (SSSR count). The Balaban J connectivity index is 2.00. The molecule has 1 aliphatic heterocycles. The van der Waals surface area contributed by atoms with Gasteiger partial charge >= 0.3 is 0 Å². The number of phenolic OH excluding ortho intramolecular Hbond substituents is 1. The first-order valence-corrected chi connectivity index (χ1v) is 6.51. The Hall–Kier alpha value is -1.73. The summed E-state index contributed by atoms with van der Waals surface area (Å²) in [4.78, 5) is 33.9. The molecule has 0 unspecified atom stereocenters. The molecule has 1 aliphatic rings. The van der Waals surface area contributed by atoms with Gasteiger partial charge in [-0.05, 0) is 18.2 Å². The minimum atomic E-state index is -0.742. The first-order valence-electron chi connectivity index (χ1n) is 5.25. The molecule has 0 saturated carbocycles. The highest BCUT2D eigenvalue weighted by atomic mass is 35.5. The second-order valence-electron chi connectivity index (χ2n) is 3.80. The van der Waals surface area contributed by atoms with Crippen molar-refractivity contribution >= 4 is 46.1 Å². The highest BCUT2D eigenvalue weighted by molar-refractivity contribution is 8.15. The van der Waals surface area contributed by atoms with E-state index >= 15 is 0 Å². The van der Waals surface area contributed by atoms with Crippen LogP contribution >= 0.6 is 23.4 Å². The number of carbonyl (C=O) groups is 3. The van der Waals surface area contributed by atoms with E-state index in [1.807, 2.05) is 0 Å². The van der Waals surface area contributed by atoms with Gasteiger partial charge in [-0.2, -0.15) is 0 Å². The normalized spacial score (nSPS) is 18.3. The lowest BCUT2D eigenvalue weighted by molar-refractivity contribution is -0.122. The molecule has 0 aliphatic carbocycles. The fraction of sp³-hybridized carbons (Fsp3) is 0.182. The fourth-order valence-electron chi connectivity index (χ4n) is 1.51. The molecule has 100 valence electrons. The van der Waals surface area contributed by atoms with E-state index < -0.39 is 22.3 Å². The van der Waals surface area contributed by atoms with E-state index in [0.29, 0.717) is 5.02 Å². The van der Waals surface area contributed by atoms with Crippen LogP contribution in [-0.2, 0) is 9.59 Å². The number of rotatable bonds is 3. The maximum Gasteiger partial charge on any atom is 0.286 e. The van der Waals surface area contributed by atoms with Crippen molar-refractivity contribution in [1.82, 2.24) is 5.32 Å². The molecule has 8 heteroatoms. The van der Waals surface area contributed by atoms with E-state index in [4.69, 9.17) is 11.6 Å². The number of hydrogen-bond donors (Lipinski definition) is 3. The van der Waals surface area contributed by atoms with Crippen LogP contribution in [0.2, 0.25) is 5.02 Å². The maximum atomic E-state index is 11.7. The summed E-state index contributed by atoms with van der Waals surface area (Å²) in [5.74, 6) is -1.10. The van der Waals surface area contributed by atoms with Gasteiger partial charge in [-0.1, -0.05) is 23.4 Å². The van der Waals surface area contributed by atoms with Gasteiger partial charge in [-0.3, -0.25) is 19.7 Å². The average molecular weight is 301 g/mol. The Kier molecular flexibility index (Phi) is 3.96. The van der Waals surface area contributed by atoms with Crippen molar-refractivity contribution in [2.24, 2.45) is 0 Å². The second kappa shape index (κ2) is 5.50. The molecule has 0 bridgehead atoms. The summed E-state index contributed by atoms with van der Waals surface area (Å²) >= 11 is 6.51. The molecule has 6 nitrogen and oxygen atoms in total. The molecular formula is C11H9ClN2O4S. The van der Waals surface area contributed by atoms with E-state index in [9.17, 15) is 19.5 Å². The first-order chi connectivity index (χ1) is 8.95. The monoisotopic (exact) mass is 300 g/mol. The number of anilines is 1. The maximum absolute atomic E-state index is 11.7. The van der Waals surface area contributed by atoms with Gasteiger partial charge in [-0.15, -0.1) is 0 Å². The van der Waals surface area contributed by atoms with Crippen LogP contribution in [-0.4, -0.2) is 27.4 Å². The average Bonchev–Trinajstić information content (AvgIpc) is 2.62. The lowest BCUT2D eigenvalue weighted by Gasteiger charge is -2.09. The molecule has 1 aromatic rings. The molecule has 0 spiro atoms. The molecule has 1 fully saturated rings. The molecule has 3 N–H and O–H groups in total. The highest BCUT2D eigenvalue weighted by Gasteiger charge is 2.33. The number of halogens is 1. The van der Waals surface area contributed by atoms with E-state index in [1.54, 1.807) is 0 Å². The summed E-state index contributed by atoms with van der Waals surface area (Å²) in [7, 11) is 0. The van der Waals surface area contributed by atoms with Gasteiger partial charge in [0.2, 0.25) is 11.8 Å². The summed E-state index contributed by atoms with van der Waals surface area (Å²) in [6.07, 6.45) is -0.159. The Morgan fingerprint density at radius 2 is 2.21 bits per heavy atom. The molecule has 1 saturated heterocycles. The smallest absolute Gasteiger partial charge is 0.286 e. The number of imide groups is 1. The second-order valence-corrected chi connectivity index (χ2v) is 5.41. The fourth-order valence-corrected chi connectivity index (χ4v) is 2.50. The van der Waals surface area contributed by atoms with E-state index in [2.05, 4.69) is 10.6 Å². The van der Waals surface area contributed by atoms with Gasteiger partial charge < -0.3 is 10.4 Å². The number of nitrogens with one attached hydrogen (secondary N) is 2. The van der Waals surface area contributed by atoms with Crippen LogP contribution in [0.4, 0.5) is 10.5 Å². The van der Waals surface area contributed by atoms with Gasteiger partial charge in [0.25, 0.3) is 5.24 Å². The van der Waals surface area contributed by atoms with Crippen LogP contribution in [0.1, 0.15) is 6.42 Å². The molecule has 3 amide bonds. The third-order valence-electron chi connectivity index (χ3n) is 2.37. The van der Waals surface area contributed by atoms with E-state index in [0.717, 1.165) is 11.8 Å². The minimum Gasteiger partial charge on any atom is -0.506 e. The number of aromatic hydroxyl groups is 1. The SMILES string of the molecule is O=C(C[C@@H]1SC(=O)NC1=O)Nc1cc(Cl)ccc1O. The molecule has 1 aromatic carbocycles. The van der Waals surface area contributed by atoms with Crippen molar-refractivity contribution in [3.8, 4) is 5.75 Å². The Morgan fingerprint density at radius 3 is 2.84 bits per heavy atom. The lowest BCUT2D eigenvalue weighted by Crippen LogP contribution is -2.27. The van der Waals surface area contributed by atoms with Crippen molar-refractivity contribution in [2.45, 2.75) is 11.7 Å². The predicted octanol–water partition coefficient (Wildman–Crippen LogP) is 1.73. The quantitative estimate of drug-likeness (QED) is 0.739. The number of phenols is 1. The van der Waals surface area contributed by atoms with Gasteiger partial charge in [0.05, 0.1) is 5.69 Å². The molecule has 0 radical (unpaired) electrons. The number of hydrogen-bond acceptors (Lipinski definition) is 5. The van der Waals surface area contributed by atoms with Crippen molar-refractivity contribution in [2.75, 3.05) is 5.32 Å². The van der Waals surface area contributed by atoms with Gasteiger partial charge in [0, 0.05) is 11.4 Å². The Labute approximate surface area is 117 Å². The van der Waals surface area contributed by atoms with E-state index in [-0.39, 0.29) is 17.9 Å². The van der Waals surface area contributed by atoms with Gasteiger partial charge in [-0.25, -0.2) is 0 Å². The summed E-state index contributed by atoms with van der Waals surface area (Å²) in [6.45, 7) is 0. The van der Waals surface area contributed by atoms with Crippen molar-refractivity contribution in [1.29, 1.82) is 0 Å². The number of benzene rings is 1. The Bertz CT molecular complexity index is 564. The minimum absolute atomic E-state index is 0.127. The largest absolute Gasteiger partial charge is 0.506 e. The van der Waals surface area contributed by atoms with Gasteiger partial charge in [0.15, 0.2) is 0 Å². The standard InChI is InChI=1S/C11H9ClN2O4S/c12-5-1-2-7(15)6(3-5)13-9(16)4-8-10(17)14-11(18)19-8/h1-3,8,15H,4H2,(H,13,16)(H,14,17,18)/t8-/m0/s1. The number of carbonyl (C=O) groups excluding carboxylic acids is 3. The Morgan fingerprint density at radius 1 is 1.47 bits per heavy atom. The van der Waals surface area contributed by atoms with E-state index in [1.165, 1.54) is 18.2 Å². The molecule has 1 atom stereocenters. The predicted molar refractivity (Wildman–Crippen MR) is 71.3 cm³/mol. The third kappa shape index (κ3) is 3.39. The summed E-state index contributed by atoms with van der Waals surface area (Å²) in [6, 6.07) is 4.21. The van der Waals surface area contributed by atoms with Crippen molar-refractivity contribution < 1.29 is 19.5 Å². The summed E-state index contributed by atoms with van der Waals surface area (Å²) in [5, 5.41) is 13.2. The molecule has 0 aromatic heterocycles. The van der Waals surface area contributed by atoms with Crippen LogP contribution in [0.25, 0.3) is 0 Å². The number of thioether (sulfide) groups is 1. The van der Waals surface area contributed by atoms with Crippen LogP contribution in [0.15, 0.2) is 18.2 Å². The van der Waals surface area contributed by atoms with Crippen molar-refractivity contribution in [3.05, 3.63) is 23.2 Å². The molecule has 1 heterocycles. The van der Waals surface area contributed by atoms with Crippen LogP contribution in [0.3, 0.4) is 0 Å².